The van der Waals surface area contributed by atoms with Crippen LogP contribution in [-0.2, 0) is 6.42 Å². The van der Waals surface area contributed by atoms with Gasteiger partial charge in [0, 0.05) is 37.8 Å². The van der Waals surface area contributed by atoms with Gasteiger partial charge in [0.1, 0.15) is 16.9 Å². The molecule has 0 aliphatic carbocycles. The Hall–Kier alpha value is -3.52. The van der Waals surface area contributed by atoms with E-state index in [-0.39, 0.29) is 28.4 Å². The Kier molecular flexibility index (Phi) is 6.05. The van der Waals surface area contributed by atoms with Crippen LogP contribution in [0, 0.1) is 5.82 Å². The Bertz CT molecular complexity index is 1170. The van der Waals surface area contributed by atoms with Crippen molar-refractivity contribution in [3.05, 3.63) is 70.7 Å². The minimum Gasteiger partial charge on any atom is -0.505 e. The molecule has 0 radical (unpaired) electrons. The van der Waals surface area contributed by atoms with Gasteiger partial charge in [-0.1, -0.05) is 19.1 Å². The van der Waals surface area contributed by atoms with Crippen molar-refractivity contribution in [2.24, 2.45) is 0 Å². The van der Waals surface area contributed by atoms with Gasteiger partial charge < -0.3 is 20.0 Å². The third-order valence-electron chi connectivity index (χ3n) is 5.89. The van der Waals surface area contributed by atoms with E-state index < -0.39 is 11.7 Å². The molecular weight excluding hydrogens is 413 g/mol. The molecule has 1 aliphatic rings. The quantitative estimate of drug-likeness (QED) is 0.637. The smallest absolute Gasteiger partial charge is 0.339 e. The van der Waals surface area contributed by atoms with E-state index in [2.05, 4.69) is 16.8 Å². The summed E-state index contributed by atoms with van der Waals surface area (Å²) in [5.41, 5.74) is 1.54. The van der Waals surface area contributed by atoms with E-state index >= 15 is 0 Å². The predicted molar refractivity (Wildman–Crippen MR) is 118 cm³/mol. The first-order valence-electron chi connectivity index (χ1n) is 10.5. The minimum atomic E-state index is -1.33. The lowest BCUT2D eigenvalue weighted by Crippen LogP contribution is -2.48. The van der Waals surface area contributed by atoms with Gasteiger partial charge in [0.15, 0.2) is 5.75 Å². The maximum Gasteiger partial charge on any atom is 0.339 e. The standard InChI is InChI=1S/C24H24FN3O4/c1-2-27-7-9-28(10-8-27)23(30)19-13-20(24(31)32)22(29)21-18(19)12-16(14-26-21)11-15-3-5-17(25)6-4-15/h3-6,12-14,29H,2,7-11H2,1H3,(H,31,32). The van der Waals surface area contributed by atoms with Crippen molar-refractivity contribution in [3.63, 3.8) is 0 Å². The molecule has 1 aliphatic heterocycles. The van der Waals surface area contributed by atoms with Crippen LogP contribution in [0.1, 0.15) is 38.8 Å². The van der Waals surface area contributed by atoms with Gasteiger partial charge in [-0.15, -0.1) is 0 Å². The highest BCUT2D eigenvalue weighted by Gasteiger charge is 2.26. The van der Waals surface area contributed by atoms with Crippen molar-refractivity contribution in [2.45, 2.75) is 13.3 Å². The maximum absolute atomic E-state index is 13.4. The molecule has 2 N–H and O–H groups in total. The van der Waals surface area contributed by atoms with E-state index in [0.717, 1.165) is 30.8 Å². The summed E-state index contributed by atoms with van der Waals surface area (Å²) in [6.07, 6.45) is 1.98. The highest BCUT2D eigenvalue weighted by atomic mass is 19.1. The van der Waals surface area contributed by atoms with Crippen LogP contribution in [0.15, 0.2) is 42.6 Å². The first kappa shape index (κ1) is 21.7. The molecule has 0 atom stereocenters. The Morgan fingerprint density at radius 2 is 1.72 bits per heavy atom. The largest absolute Gasteiger partial charge is 0.505 e. The van der Waals surface area contributed by atoms with Crippen molar-refractivity contribution in [2.75, 3.05) is 32.7 Å². The number of aromatic hydroxyl groups is 1. The van der Waals surface area contributed by atoms with Crippen LogP contribution in [0.25, 0.3) is 10.9 Å². The van der Waals surface area contributed by atoms with Gasteiger partial charge >= 0.3 is 5.97 Å². The number of benzene rings is 2. The normalized spacial score (nSPS) is 14.6. The predicted octanol–water partition coefficient (Wildman–Crippen LogP) is 3.15. The molecule has 2 aromatic carbocycles. The molecule has 1 amide bonds. The number of hydrogen-bond donors (Lipinski definition) is 2. The molecule has 0 saturated carbocycles. The first-order chi connectivity index (χ1) is 15.4. The van der Waals surface area contributed by atoms with Crippen molar-refractivity contribution in [3.8, 4) is 5.75 Å². The summed E-state index contributed by atoms with van der Waals surface area (Å²) in [6.45, 7) is 5.55. The van der Waals surface area contributed by atoms with Crippen LogP contribution >= 0.6 is 0 Å². The third-order valence-corrected chi connectivity index (χ3v) is 5.89. The second-order valence-corrected chi connectivity index (χ2v) is 7.89. The molecule has 3 aromatic rings. The van der Waals surface area contributed by atoms with Crippen LogP contribution in [-0.4, -0.2) is 69.6 Å². The van der Waals surface area contributed by atoms with Crippen LogP contribution in [0.3, 0.4) is 0 Å². The van der Waals surface area contributed by atoms with Crippen LogP contribution in [0.5, 0.6) is 5.75 Å². The fraction of sp³-hybridized carbons (Fsp3) is 0.292. The van der Waals surface area contributed by atoms with Crippen LogP contribution < -0.4 is 0 Å². The molecule has 1 fully saturated rings. The summed E-state index contributed by atoms with van der Waals surface area (Å²) in [6, 6.07) is 9.07. The molecule has 7 nitrogen and oxygen atoms in total. The second-order valence-electron chi connectivity index (χ2n) is 7.89. The number of hydrogen-bond acceptors (Lipinski definition) is 5. The Labute approximate surface area is 184 Å². The molecule has 32 heavy (non-hydrogen) atoms. The van der Waals surface area contributed by atoms with Crippen molar-refractivity contribution in [1.82, 2.24) is 14.8 Å². The molecular formula is C24H24FN3O4. The number of pyridine rings is 1. The lowest BCUT2D eigenvalue weighted by atomic mass is 9.98. The van der Waals surface area contributed by atoms with E-state index in [1.165, 1.54) is 24.4 Å². The third kappa shape index (κ3) is 4.27. The molecule has 0 spiro atoms. The van der Waals surface area contributed by atoms with Crippen LogP contribution in [0.4, 0.5) is 4.39 Å². The SMILES string of the molecule is CCN1CCN(C(=O)c2cc(C(=O)O)c(O)c3ncc(Cc4ccc(F)cc4)cc23)CC1. The van der Waals surface area contributed by atoms with Gasteiger partial charge in [0.25, 0.3) is 5.91 Å². The fourth-order valence-corrected chi connectivity index (χ4v) is 4.03. The number of carbonyl (C=O) groups excluding carboxylic acids is 1. The number of aromatic nitrogens is 1. The molecule has 0 bridgehead atoms. The lowest BCUT2D eigenvalue weighted by molar-refractivity contribution is 0.0645. The number of phenols is 1. The molecule has 0 unspecified atom stereocenters. The van der Waals surface area contributed by atoms with Gasteiger partial charge in [-0.05, 0) is 48.4 Å². The maximum atomic E-state index is 13.4. The molecule has 1 saturated heterocycles. The zero-order valence-corrected chi connectivity index (χ0v) is 17.7. The summed E-state index contributed by atoms with van der Waals surface area (Å²) in [7, 11) is 0. The first-order valence-corrected chi connectivity index (χ1v) is 10.5. The Morgan fingerprint density at radius 3 is 2.34 bits per heavy atom. The molecule has 4 rings (SSSR count). The number of aromatic carboxylic acids is 1. The molecule has 2 heterocycles. The van der Waals surface area contributed by atoms with E-state index in [1.54, 1.807) is 23.1 Å². The molecule has 1 aromatic heterocycles. The number of likely N-dealkylation sites (N-methyl/N-ethyl adjacent to an activating group) is 1. The number of fused-ring (bicyclic) bond motifs is 1. The lowest BCUT2D eigenvalue weighted by Gasteiger charge is -2.34. The van der Waals surface area contributed by atoms with Gasteiger partial charge in [-0.25, -0.2) is 9.18 Å². The fourth-order valence-electron chi connectivity index (χ4n) is 4.03. The highest BCUT2D eigenvalue weighted by Crippen LogP contribution is 2.32. The van der Waals surface area contributed by atoms with Crippen molar-refractivity contribution >= 4 is 22.8 Å². The molecule has 166 valence electrons. The zero-order valence-electron chi connectivity index (χ0n) is 17.7. The van der Waals surface area contributed by atoms with Gasteiger partial charge in [0.2, 0.25) is 0 Å². The Morgan fingerprint density at radius 1 is 1.03 bits per heavy atom. The number of amides is 1. The molecule has 8 heteroatoms. The van der Waals surface area contributed by atoms with Gasteiger partial charge in [0.05, 0.1) is 5.56 Å². The van der Waals surface area contributed by atoms with E-state index in [0.29, 0.717) is 24.9 Å². The monoisotopic (exact) mass is 437 g/mol. The Balaban J connectivity index is 1.76. The number of piperazine rings is 1. The average molecular weight is 437 g/mol. The summed E-state index contributed by atoms with van der Waals surface area (Å²) >= 11 is 0. The number of rotatable bonds is 5. The van der Waals surface area contributed by atoms with Crippen molar-refractivity contribution < 1.29 is 24.2 Å². The van der Waals surface area contributed by atoms with Gasteiger partial charge in [-0.2, -0.15) is 0 Å². The van der Waals surface area contributed by atoms with E-state index in [4.69, 9.17) is 0 Å². The number of carbonyl (C=O) groups is 2. The number of nitrogens with zero attached hydrogens (tertiary/aromatic N) is 3. The summed E-state index contributed by atoms with van der Waals surface area (Å²) < 4.78 is 13.2. The summed E-state index contributed by atoms with van der Waals surface area (Å²) in [5, 5.41) is 20.4. The topological polar surface area (TPSA) is 94.0 Å². The summed E-state index contributed by atoms with van der Waals surface area (Å²) in [4.78, 5) is 33.3. The number of carboxylic acids is 1. The average Bonchev–Trinajstić information content (AvgIpc) is 2.80. The van der Waals surface area contributed by atoms with E-state index in [9.17, 15) is 24.2 Å². The second kappa shape index (κ2) is 8.92. The van der Waals surface area contributed by atoms with Crippen LogP contribution in [0.2, 0.25) is 0 Å². The number of halogens is 1. The van der Waals surface area contributed by atoms with Crippen molar-refractivity contribution in [1.29, 1.82) is 0 Å². The minimum absolute atomic E-state index is 0.0725. The zero-order chi connectivity index (χ0) is 22.8. The van der Waals surface area contributed by atoms with E-state index in [1.807, 2.05) is 0 Å². The summed E-state index contributed by atoms with van der Waals surface area (Å²) in [5.74, 6) is -2.40. The van der Waals surface area contributed by atoms with Gasteiger partial charge in [-0.3, -0.25) is 9.78 Å². The number of carboxylic acid groups (broad SMARTS) is 1. The highest BCUT2D eigenvalue weighted by molar-refractivity contribution is 6.11.